The number of ether oxygens (including phenoxy) is 3. The smallest absolute Gasteiger partial charge is 0.273 e. The molecule has 41 heavy (non-hydrogen) atoms. The number of pyridine rings is 1. The zero-order valence-electron chi connectivity index (χ0n) is 21.8. The standard InChI is InChI=1S/C26H25Cl2F2N5O5S/c1-3-38-22-20(35-11-16(32-33-35)12-7-14(29)18(28)15(30)8-12)21-23(26(2,37)40-21)39-25(22)41-17-9-13(27)10-31-19(17)24(36)34-5-4-6-34/h7-11,20-23,25,37H,3-6H2,1-2H3/t20?,21-,22?,23?,25-,26?/m1/s1. The Morgan fingerprint density at radius 2 is 2.00 bits per heavy atom. The second-order valence-corrected chi connectivity index (χ2v) is 12.0. The Labute approximate surface area is 247 Å². The van der Waals surface area contributed by atoms with Crippen LogP contribution >= 0.6 is 35.0 Å². The maximum atomic E-state index is 14.2. The summed E-state index contributed by atoms with van der Waals surface area (Å²) in [5.74, 6) is -3.67. The maximum Gasteiger partial charge on any atom is 0.273 e. The number of hydrogen-bond acceptors (Lipinski definition) is 9. The summed E-state index contributed by atoms with van der Waals surface area (Å²) in [6, 6.07) is 3.11. The Morgan fingerprint density at radius 3 is 2.63 bits per heavy atom. The zero-order valence-corrected chi connectivity index (χ0v) is 24.2. The lowest BCUT2D eigenvalue weighted by Gasteiger charge is -2.57. The molecule has 4 unspecified atom stereocenters. The molecule has 6 rings (SSSR count). The van der Waals surface area contributed by atoms with Gasteiger partial charge in [-0.3, -0.25) is 4.79 Å². The number of nitrogens with zero attached hydrogens (tertiary/aromatic N) is 5. The summed E-state index contributed by atoms with van der Waals surface area (Å²) < 4.78 is 48.1. The van der Waals surface area contributed by atoms with Crippen molar-refractivity contribution in [2.24, 2.45) is 0 Å². The highest BCUT2D eigenvalue weighted by molar-refractivity contribution is 8.00. The van der Waals surface area contributed by atoms with E-state index in [1.807, 2.05) is 6.92 Å². The number of hydrogen-bond donors (Lipinski definition) is 1. The van der Waals surface area contributed by atoms with Crippen LogP contribution in [0.3, 0.4) is 0 Å². The fraction of sp³-hybridized carbons (Fsp3) is 0.462. The summed E-state index contributed by atoms with van der Waals surface area (Å²) in [6.45, 7) is 4.89. The van der Waals surface area contributed by atoms with E-state index >= 15 is 0 Å². The fourth-order valence-electron chi connectivity index (χ4n) is 5.15. The number of carbonyl (C=O) groups excluding carboxylic acids is 1. The minimum Gasteiger partial charge on any atom is -0.373 e. The number of carbonyl (C=O) groups is 1. The number of fused-ring (bicyclic) bond motifs is 1. The maximum absolute atomic E-state index is 14.2. The van der Waals surface area contributed by atoms with Crippen LogP contribution in [0, 0.1) is 11.6 Å². The number of thioether (sulfide) groups is 1. The van der Waals surface area contributed by atoms with E-state index in [0.29, 0.717) is 23.0 Å². The van der Waals surface area contributed by atoms with E-state index < -0.39 is 52.2 Å². The number of aliphatic hydroxyl groups is 1. The van der Waals surface area contributed by atoms with Crippen LogP contribution < -0.4 is 0 Å². The molecule has 0 saturated carbocycles. The summed E-state index contributed by atoms with van der Waals surface area (Å²) >= 11 is 13.1. The predicted octanol–water partition coefficient (Wildman–Crippen LogP) is 4.34. The van der Waals surface area contributed by atoms with Gasteiger partial charge in [0.1, 0.15) is 57.8 Å². The van der Waals surface area contributed by atoms with E-state index in [1.54, 1.807) is 11.0 Å². The van der Waals surface area contributed by atoms with E-state index in [-0.39, 0.29) is 29.5 Å². The van der Waals surface area contributed by atoms with Crippen molar-refractivity contribution >= 4 is 40.9 Å². The topological polar surface area (TPSA) is 112 Å². The van der Waals surface area contributed by atoms with Crippen molar-refractivity contribution in [3.05, 3.63) is 58.0 Å². The van der Waals surface area contributed by atoms with Crippen LogP contribution in [0.15, 0.2) is 35.5 Å². The van der Waals surface area contributed by atoms with E-state index in [2.05, 4.69) is 15.3 Å². The molecule has 1 N–H and O–H groups in total. The van der Waals surface area contributed by atoms with Crippen molar-refractivity contribution in [2.75, 3.05) is 19.7 Å². The molecule has 3 fully saturated rings. The van der Waals surface area contributed by atoms with Gasteiger partial charge < -0.3 is 24.2 Å². The van der Waals surface area contributed by atoms with Crippen LogP contribution in [0.2, 0.25) is 10.0 Å². The van der Waals surface area contributed by atoms with Crippen molar-refractivity contribution in [3.63, 3.8) is 0 Å². The van der Waals surface area contributed by atoms with E-state index in [4.69, 9.17) is 37.4 Å². The summed E-state index contributed by atoms with van der Waals surface area (Å²) in [5, 5.41) is 18.9. The number of aromatic nitrogens is 4. The average Bonchev–Trinajstić information content (AvgIpc) is 3.37. The molecule has 5 heterocycles. The molecule has 2 aromatic heterocycles. The molecule has 6 atom stereocenters. The molecule has 3 aromatic rings. The number of halogens is 4. The molecule has 3 aliphatic heterocycles. The second kappa shape index (κ2) is 11.0. The van der Waals surface area contributed by atoms with Gasteiger partial charge in [-0.1, -0.05) is 40.2 Å². The molecule has 0 radical (unpaired) electrons. The highest BCUT2D eigenvalue weighted by atomic mass is 35.5. The summed E-state index contributed by atoms with van der Waals surface area (Å²) in [4.78, 5) is 19.6. The Balaban J connectivity index is 1.36. The normalized spacial score (nSPS) is 29.0. The van der Waals surface area contributed by atoms with Crippen LogP contribution in [-0.4, -0.2) is 85.1 Å². The van der Waals surface area contributed by atoms with Gasteiger partial charge in [0, 0.05) is 36.4 Å². The molecule has 15 heteroatoms. The first-order valence-electron chi connectivity index (χ1n) is 12.9. The Morgan fingerprint density at radius 1 is 1.27 bits per heavy atom. The molecule has 1 amide bonds. The minimum atomic E-state index is -1.60. The molecular weight excluding hydrogens is 603 g/mol. The fourth-order valence-corrected chi connectivity index (χ4v) is 6.73. The Kier molecular flexibility index (Phi) is 7.72. The lowest BCUT2D eigenvalue weighted by atomic mass is 9.87. The van der Waals surface area contributed by atoms with Gasteiger partial charge in [-0.25, -0.2) is 18.4 Å². The molecule has 218 valence electrons. The number of amides is 1. The molecule has 1 aromatic carbocycles. The third-order valence-electron chi connectivity index (χ3n) is 7.29. The summed E-state index contributed by atoms with van der Waals surface area (Å²) in [5.41, 5.74) is -0.200. The lowest BCUT2D eigenvalue weighted by molar-refractivity contribution is -0.417. The Bertz CT molecular complexity index is 1470. The quantitative estimate of drug-likeness (QED) is 0.382. The van der Waals surface area contributed by atoms with Gasteiger partial charge in [-0.05, 0) is 38.5 Å². The van der Waals surface area contributed by atoms with Crippen LogP contribution in [0.4, 0.5) is 8.78 Å². The number of likely N-dealkylation sites (tertiary alicyclic amines) is 1. The minimum absolute atomic E-state index is 0.138. The predicted molar refractivity (Wildman–Crippen MR) is 145 cm³/mol. The van der Waals surface area contributed by atoms with Crippen LogP contribution in [-0.2, 0) is 14.2 Å². The largest absolute Gasteiger partial charge is 0.373 e. The van der Waals surface area contributed by atoms with Gasteiger partial charge in [0.05, 0.1) is 11.2 Å². The molecular formula is C26H25Cl2F2N5O5S. The first-order chi connectivity index (χ1) is 19.6. The van der Waals surface area contributed by atoms with Crippen molar-refractivity contribution in [1.29, 1.82) is 0 Å². The van der Waals surface area contributed by atoms with E-state index in [0.717, 1.165) is 18.6 Å². The van der Waals surface area contributed by atoms with Gasteiger partial charge >= 0.3 is 0 Å². The van der Waals surface area contributed by atoms with Gasteiger partial charge in [0.25, 0.3) is 5.91 Å². The first kappa shape index (κ1) is 28.7. The van der Waals surface area contributed by atoms with Gasteiger partial charge in [-0.15, -0.1) is 5.10 Å². The second-order valence-electron chi connectivity index (χ2n) is 10.1. The SMILES string of the molecule is CCOC1C(n2cc(-c3cc(F)c(Cl)c(F)c3)nn2)[C@H]2OC(C)(O)C2O[C@@H]1Sc1cc(Cl)cnc1C(=O)N1CCC1. The molecule has 0 spiro atoms. The molecule has 10 nitrogen and oxygen atoms in total. The third kappa shape index (κ3) is 5.22. The molecule has 3 aliphatic rings. The van der Waals surface area contributed by atoms with Crippen LogP contribution in [0.1, 0.15) is 36.8 Å². The van der Waals surface area contributed by atoms with Gasteiger partial charge in [0.2, 0.25) is 0 Å². The van der Waals surface area contributed by atoms with Gasteiger partial charge in [-0.2, -0.15) is 0 Å². The third-order valence-corrected chi connectivity index (χ3v) is 9.03. The lowest BCUT2D eigenvalue weighted by Crippen LogP contribution is -2.72. The highest BCUT2D eigenvalue weighted by Gasteiger charge is 2.63. The van der Waals surface area contributed by atoms with Crippen molar-refractivity contribution in [2.45, 2.75) is 60.7 Å². The van der Waals surface area contributed by atoms with Crippen molar-refractivity contribution in [1.82, 2.24) is 24.9 Å². The van der Waals surface area contributed by atoms with Gasteiger partial charge in [0.15, 0.2) is 5.79 Å². The average molecular weight is 628 g/mol. The first-order valence-corrected chi connectivity index (χ1v) is 14.6. The van der Waals surface area contributed by atoms with Crippen LogP contribution in [0.25, 0.3) is 11.3 Å². The molecule has 0 bridgehead atoms. The number of rotatable bonds is 7. The van der Waals surface area contributed by atoms with Crippen molar-refractivity contribution < 1.29 is 32.9 Å². The molecule has 0 aliphatic carbocycles. The summed E-state index contributed by atoms with van der Waals surface area (Å²) in [6.07, 6.45) is 1.66. The monoisotopic (exact) mass is 627 g/mol. The van der Waals surface area contributed by atoms with E-state index in [9.17, 15) is 18.7 Å². The van der Waals surface area contributed by atoms with Crippen molar-refractivity contribution in [3.8, 4) is 11.3 Å². The zero-order chi connectivity index (χ0) is 29.1. The van der Waals surface area contributed by atoms with E-state index in [1.165, 1.54) is 35.8 Å². The number of benzene rings is 1. The highest BCUT2D eigenvalue weighted by Crippen LogP contribution is 2.50. The summed E-state index contributed by atoms with van der Waals surface area (Å²) in [7, 11) is 0. The molecule has 3 saturated heterocycles. The van der Waals surface area contributed by atoms with Crippen LogP contribution in [0.5, 0.6) is 0 Å². The Hall–Kier alpha value is -2.39.